The maximum Gasteiger partial charge on any atom is 0.139 e. The van der Waals surface area contributed by atoms with Crippen molar-refractivity contribution in [2.75, 3.05) is 24.3 Å². The molecule has 3 N–H and O–H groups in total. The molecular formula is C11H14BrFN2O. The first kappa shape index (κ1) is 11.7. The Morgan fingerprint density at radius 3 is 2.94 bits per heavy atom. The zero-order chi connectivity index (χ0) is 11.8. The number of nitrogens with two attached hydrogens (primary N) is 1. The van der Waals surface area contributed by atoms with Gasteiger partial charge in [0.15, 0.2) is 0 Å². The van der Waals surface area contributed by atoms with Crippen LogP contribution in [0.5, 0.6) is 0 Å². The van der Waals surface area contributed by atoms with Gasteiger partial charge in [-0.2, -0.15) is 0 Å². The van der Waals surface area contributed by atoms with Gasteiger partial charge in [-0.15, -0.1) is 0 Å². The lowest BCUT2D eigenvalue weighted by Crippen LogP contribution is -2.35. The number of rotatable bonds is 2. The molecule has 2 rings (SSSR count). The predicted octanol–water partition coefficient (Wildman–Crippen LogP) is 2.76. The van der Waals surface area contributed by atoms with Crippen LogP contribution in [0, 0.1) is 5.82 Å². The fraction of sp³-hybridized carbons (Fsp3) is 0.455. The van der Waals surface area contributed by atoms with Gasteiger partial charge >= 0.3 is 0 Å². The summed E-state index contributed by atoms with van der Waals surface area (Å²) >= 11 is 3.10. The number of nitrogen functional groups attached to an aromatic ring is 1. The number of hydrogen-bond donors (Lipinski definition) is 2. The Bertz CT molecular complexity index is 405. The third-order valence-electron chi connectivity index (χ3n) is 2.75. The summed E-state index contributed by atoms with van der Waals surface area (Å²) in [5.41, 5.74) is 6.82. The summed E-state index contributed by atoms with van der Waals surface area (Å²) in [5, 5.41) is 3.24. The number of anilines is 2. The van der Waals surface area contributed by atoms with Gasteiger partial charge in [0.05, 0.1) is 28.0 Å². The average molecular weight is 289 g/mol. The van der Waals surface area contributed by atoms with Crippen LogP contribution in [0.4, 0.5) is 15.8 Å². The Labute approximate surface area is 102 Å². The molecule has 0 aromatic heterocycles. The summed E-state index contributed by atoms with van der Waals surface area (Å²) in [6.45, 7) is 3.38. The molecule has 1 aromatic carbocycles. The third-order valence-corrected chi connectivity index (χ3v) is 3.36. The molecule has 1 aliphatic rings. The van der Waals surface area contributed by atoms with Crippen LogP contribution in [-0.2, 0) is 4.74 Å². The topological polar surface area (TPSA) is 47.3 Å². The highest BCUT2D eigenvalue weighted by Gasteiger charge is 2.30. The predicted molar refractivity (Wildman–Crippen MR) is 66.0 cm³/mol. The molecule has 1 aromatic rings. The van der Waals surface area contributed by atoms with Gasteiger partial charge in [0.1, 0.15) is 5.82 Å². The molecular weight excluding hydrogens is 275 g/mol. The molecule has 16 heavy (non-hydrogen) atoms. The molecule has 0 spiro atoms. The van der Waals surface area contributed by atoms with Crippen molar-refractivity contribution in [2.45, 2.75) is 18.9 Å². The van der Waals surface area contributed by atoms with E-state index in [1.54, 1.807) is 6.07 Å². The van der Waals surface area contributed by atoms with E-state index in [1.165, 1.54) is 6.07 Å². The first-order valence-corrected chi connectivity index (χ1v) is 5.90. The summed E-state index contributed by atoms with van der Waals surface area (Å²) < 4.78 is 19.1. The van der Waals surface area contributed by atoms with Crippen LogP contribution in [0.2, 0.25) is 0 Å². The quantitative estimate of drug-likeness (QED) is 0.823. The first-order chi connectivity index (χ1) is 7.50. The molecule has 1 fully saturated rings. The van der Waals surface area contributed by atoms with Crippen LogP contribution < -0.4 is 11.1 Å². The van der Waals surface area contributed by atoms with Crippen molar-refractivity contribution >= 4 is 27.3 Å². The van der Waals surface area contributed by atoms with Crippen LogP contribution in [-0.4, -0.2) is 18.8 Å². The number of ether oxygens (including phenoxy) is 1. The lowest BCUT2D eigenvalue weighted by molar-refractivity contribution is 0.185. The lowest BCUT2D eigenvalue weighted by Gasteiger charge is -2.26. The smallest absolute Gasteiger partial charge is 0.139 e. The van der Waals surface area contributed by atoms with E-state index in [0.29, 0.717) is 22.5 Å². The highest BCUT2D eigenvalue weighted by Crippen LogP contribution is 2.31. The molecule has 3 nitrogen and oxygen atoms in total. The van der Waals surface area contributed by atoms with Crippen molar-refractivity contribution in [3.8, 4) is 0 Å². The van der Waals surface area contributed by atoms with Gasteiger partial charge in [0.25, 0.3) is 0 Å². The van der Waals surface area contributed by atoms with Gasteiger partial charge in [0.2, 0.25) is 0 Å². The largest absolute Gasteiger partial charge is 0.397 e. The second kappa shape index (κ2) is 4.22. The molecule has 0 bridgehead atoms. The van der Waals surface area contributed by atoms with Crippen LogP contribution in [0.1, 0.15) is 13.3 Å². The average Bonchev–Trinajstić information content (AvgIpc) is 2.62. The van der Waals surface area contributed by atoms with Crippen molar-refractivity contribution in [3.05, 3.63) is 22.4 Å². The van der Waals surface area contributed by atoms with E-state index in [1.807, 2.05) is 6.92 Å². The minimum absolute atomic E-state index is 0.158. The Kier molecular flexibility index (Phi) is 3.08. The van der Waals surface area contributed by atoms with E-state index in [4.69, 9.17) is 10.5 Å². The second-order valence-electron chi connectivity index (χ2n) is 4.34. The maximum absolute atomic E-state index is 13.4. The first-order valence-electron chi connectivity index (χ1n) is 5.11. The molecule has 1 atom stereocenters. The fourth-order valence-corrected chi connectivity index (χ4v) is 2.12. The van der Waals surface area contributed by atoms with Gasteiger partial charge in [-0.25, -0.2) is 4.39 Å². The molecule has 5 heteroatoms. The van der Waals surface area contributed by atoms with E-state index < -0.39 is 0 Å². The standard InChI is InChI=1S/C11H14BrFN2O/c1-11(2-3-16-6-11)15-10-5-8(13)7(12)4-9(10)14/h4-5,15H,2-3,6,14H2,1H3. The summed E-state index contributed by atoms with van der Waals surface area (Å²) in [6, 6.07) is 2.97. The monoisotopic (exact) mass is 288 g/mol. The highest BCUT2D eigenvalue weighted by molar-refractivity contribution is 9.10. The van der Waals surface area contributed by atoms with Gasteiger partial charge in [-0.05, 0) is 35.3 Å². The normalized spacial score (nSPS) is 24.7. The van der Waals surface area contributed by atoms with Gasteiger partial charge in [0, 0.05) is 12.7 Å². The van der Waals surface area contributed by atoms with E-state index >= 15 is 0 Å². The summed E-state index contributed by atoms with van der Waals surface area (Å²) in [5.74, 6) is -0.320. The Balaban J connectivity index is 2.24. The number of benzene rings is 1. The van der Waals surface area contributed by atoms with E-state index in [9.17, 15) is 4.39 Å². The zero-order valence-corrected chi connectivity index (χ0v) is 10.6. The molecule has 1 saturated heterocycles. The van der Waals surface area contributed by atoms with Crippen LogP contribution in [0.3, 0.4) is 0 Å². The molecule has 1 aliphatic heterocycles. The third kappa shape index (κ3) is 2.30. The van der Waals surface area contributed by atoms with Crippen molar-refractivity contribution in [1.82, 2.24) is 0 Å². The molecule has 0 saturated carbocycles. The molecule has 0 amide bonds. The minimum Gasteiger partial charge on any atom is -0.397 e. The Morgan fingerprint density at radius 1 is 1.56 bits per heavy atom. The van der Waals surface area contributed by atoms with Crippen molar-refractivity contribution in [1.29, 1.82) is 0 Å². The highest BCUT2D eigenvalue weighted by atomic mass is 79.9. The summed E-state index contributed by atoms with van der Waals surface area (Å²) in [6.07, 6.45) is 0.893. The molecule has 1 heterocycles. The molecule has 0 aliphatic carbocycles. The maximum atomic E-state index is 13.4. The fourth-order valence-electron chi connectivity index (χ4n) is 1.76. The summed E-state index contributed by atoms with van der Waals surface area (Å²) in [4.78, 5) is 0. The van der Waals surface area contributed by atoms with E-state index in [2.05, 4.69) is 21.2 Å². The lowest BCUT2D eigenvalue weighted by atomic mass is 10.0. The number of halogens is 2. The van der Waals surface area contributed by atoms with E-state index in [-0.39, 0.29) is 11.4 Å². The molecule has 1 unspecified atom stereocenters. The SMILES string of the molecule is CC1(Nc2cc(F)c(Br)cc2N)CCOC1. The molecule has 88 valence electrons. The van der Waals surface area contributed by atoms with Crippen LogP contribution >= 0.6 is 15.9 Å². The van der Waals surface area contributed by atoms with Gasteiger partial charge in [-0.1, -0.05) is 0 Å². The van der Waals surface area contributed by atoms with Crippen molar-refractivity contribution < 1.29 is 9.13 Å². The Morgan fingerprint density at radius 2 is 2.31 bits per heavy atom. The summed E-state index contributed by atoms with van der Waals surface area (Å²) in [7, 11) is 0. The minimum atomic E-state index is -0.320. The van der Waals surface area contributed by atoms with Gasteiger partial charge in [-0.3, -0.25) is 0 Å². The number of hydrogen-bond acceptors (Lipinski definition) is 3. The van der Waals surface area contributed by atoms with Crippen molar-refractivity contribution in [3.63, 3.8) is 0 Å². The number of nitrogens with one attached hydrogen (secondary N) is 1. The zero-order valence-electron chi connectivity index (χ0n) is 9.02. The van der Waals surface area contributed by atoms with Crippen molar-refractivity contribution in [2.24, 2.45) is 0 Å². The van der Waals surface area contributed by atoms with Gasteiger partial charge < -0.3 is 15.8 Å². The van der Waals surface area contributed by atoms with Crippen LogP contribution in [0.25, 0.3) is 0 Å². The Hall–Kier alpha value is -0.810. The second-order valence-corrected chi connectivity index (χ2v) is 5.20. The van der Waals surface area contributed by atoms with E-state index in [0.717, 1.165) is 13.0 Å². The molecule has 0 radical (unpaired) electrons. The van der Waals surface area contributed by atoms with Crippen LogP contribution in [0.15, 0.2) is 16.6 Å².